The maximum atomic E-state index is 15.2. The maximum absolute atomic E-state index is 15.2. The Balaban J connectivity index is 1.54. The molecule has 3 heterocycles. The number of halogens is 1. The summed E-state index contributed by atoms with van der Waals surface area (Å²) >= 11 is 0. The predicted octanol–water partition coefficient (Wildman–Crippen LogP) is 3.65. The number of hydrogen-bond acceptors (Lipinski definition) is 8. The number of fused-ring (bicyclic) bond motifs is 1. The number of nitrogens with one attached hydrogen (secondary N) is 3. The zero-order valence-electron chi connectivity index (χ0n) is 21.8. The number of ether oxygens (including phenoxy) is 1. The van der Waals surface area contributed by atoms with E-state index in [0.29, 0.717) is 42.9 Å². The van der Waals surface area contributed by atoms with E-state index in [-0.39, 0.29) is 30.1 Å². The number of likely N-dealkylation sites (N-methyl/N-ethyl adjacent to an activating group) is 1. The van der Waals surface area contributed by atoms with Crippen LogP contribution in [0.4, 0.5) is 22.0 Å². The Morgan fingerprint density at radius 1 is 1.27 bits per heavy atom. The lowest BCUT2D eigenvalue weighted by Gasteiger charge is -2.23. The van der Waals surface area contributed by atoms with Crippen molar-refractivity contribution >= 4 is 29.1 Å². The first-order valence-electron chi connectivity index (χ1n) is 12.5. The first kappa shape index (κ1) is 26.5. The number of nitrogens with zero attached hydrogens (tertiary/aromatic N) is 5. The lowest BCUT2D eigenvalue weighted by molar-refractivity contribution is -0.111. The fourth-order valence-corrected chi connectivity index (χ4v) is 4.04. The third-order valence-corrected chi connectivity index (χ3v) is 6.09. The van der Waals surface area contributed by atoms with Gasteiger partial charge < -0.3 is 25.6 Å². The molecule has 2 aromatic heterocycles. The highest BCUT2D eigenvalue weighted by atomic mass is 19.1. The molecule has 4 rings (SSSR count). The van der Waals surface area contributed by atoms with Gasteiger partial charge in [0.2, 0.25) is 17.8 Å². The number of rotatable bonds is 10. The van der Waals surface area contributed by atoms with Crippen molar-refractivity contribution in [3.63, 3.8) is 0 Å². The van der Waals surface area contributed by atoms with Crippen molar-refractivity contribution in [2.24, 2.45) is 0 Å². The average molecular weight is 511 g/mol. The van der Waals surface area contributed by atoms with Gasteiger partial charge in [0.1, 0.15) is 0 Å². The Morgan fingerprint density at radius 3 is 2.78 bits per heavy atom. The number of hydrogen-bond donors (Lipinski definition) is 3. The zero-order valence-corrected chi connectivity index (χ0v) is 21.8. The Bertz CT molecular complexity index is 1250. The molecule has 0 unspecified atom stereocenters. The summed E-state index contributed by atoms with van der Waals surface area (Å²) in [6, 6.07) is 5.14. The van der Waals surface area contributed by atoms with E-state index in [1.165, 1.54) is 12.1 Å². The van der Waals surface area contributed by atoms with Gasteiger partial charge in [0.15, 0.2) is 11.5 Å². The monoisotopic (exact) mass is 510 g/mol. The number of benzene rings is 1. The van der Waals surface area contributed by atoms with Crippen molar-refractivity contribution in [2.45, 2.75) is 45.2 Å². The molecule has 37 heavy (non-hydrogen) atoms. The number of carbonyl (C=O) groups excluding carboxylic acids is 1. The third kappa shape index (κ3) is 6.80. The van der Waals surface area contributed by atoms with Crippen LogP contribution in [-0.4, -0.2) is 70.3 Å². The van der Waals surface area contributed by atoms with Crippen LogP contribution in [0.15, 0.2) is 36.5 Å². The molecule has 0 bridgehead atoms. The van der Waals surface area contributed by atoms with Crippen LogP contribution in [0.1, 0.15) is 43.7 Å². The molecule has 1 amide bonds. The Labute approximate surface area is 216 Å². The SMILES string of the molecule is CC(C)c1cnn2c(NCc3cccc(NC(=O)C=CCN(C)C)c3F)nc(NC3CCOCC3)nc12. The van der Waals surface area contributed by atoms with Crippen LogP contribution in [0.5, 0.6) is 0 Å². The van der Waals surface area contributed by atoms with Crippen LogP contribution in [0.2, 0.25) is 0 Å². The molecule has 3 aromatic rings. The number of anilines is 3. The molecule has 0 atom stereocenters. The summed E-state index contributed by atoms with van der Waals surface area (Å²) in [4.78, 5) is 23.5. The summed E-state index contributed by atoms with van der Waals surface area (Å²) in [6.07, 6.45) is 6.67. The van der Waals surface area contributed by atoms with Crippen LogP contribution in [0, 0.1) is 5.82 Å². The molecule has 1 aromatic carbocycles. The van der Waals surface area contributed by atoms with Gasteiger partial charge in [0.05, 0.1) is 11.9 Å². The van der Waals surface area contributed by atoms with Gasteiger partial charge in [-0.25, -0.2) is 4.39 Å². The molecule has 1 aliphatic rings. The molecule has 198 valence electrons. The van der Waals surface area contributed by atoms with Gasteiger partial charge in [-0.05, 0) is 38.9 Å². The van der Waals surface area contributed by atoms with Crippen LogP contribution in [0.25, 0.3) is 5.65 Å². The van der Waals surface area contributed by atoms with Gasteiger partial charge in [-0.3, -0.25) is 4.79 Å². The Kier molecular flexibility index (Phi) is 8.67. The molecule has 0 aliphatic carbocycles. The van der Waals surface area contributed by atoms with Gasteiger partial charge in [-0.2, -0.15) is 19.6 Å². The first-order chi connectivity index (χ1) is 17.8. The summed E-state index contributed by atoms with van der Waals surface area (Å²) in [7, 11) is 3.81. The van der Waals surface area contributed by atoms with E-state index >= 15 is 4.39 Å². The second-order valence-corrected chi connectivity index (χ2v) is 9.68. The van der Waals surface area contributed by atoms with Gasteiger partial charge in [0, 0.05) is 49.5 Å². The van der Waals surface area contributed by atoms with Gasteiger partial charge in [-0.15, -0.1) is 0 Å². The van der Waals surface area contributed by atoms with Crippen molar-refractivity contribution in [1.29, 1.82) is 0 Å². The smallest absolute Gasteiger partial charge is 0.248 e. The minimum atomic E-state index is -0.501. The standard InChI is InChI=1S/C26H35FN8O2/c1-17(2)20-16-29-35-24(20)32-25(30-19-10-13-37-14-11-19)33-26(35)28-15-18-7-5-8-21(23(18)27)31-22(36)9-6-12-34(3)4/h5-9,16-17,19H,10-15H2,1-4H3,(H,31,36)(H2,28,30,32,33). The average Bonchev–Trinajstić information content (AvgIpc) is 3.29. The Hall–Kier alpha value is -3.57. The van der Waals surface area contributed by atoms with Crippen LogP contribution in [0.3, 0.4) is 0 Å². The van der Waals surface area contributed by atoms with Gasteiger partial charge in [0.25, 0.3) is 0 Å². The molecule has 1 aliphatic heterocycles. The normalized spacial score (nSPS) is 14.7. The molecule has 11 heteroatoms. The summed E-state index contributed by atoms with van der Waals surface area (Å²) in [5, 5.41) is 13.7. The fraction of sp³-hybridized carbons (Fsp3) is 0.462. The third-order valence-electron chi connectivity index (χ3n) is 6.09. The van der Waals surface area contributed by atoms with Gasteiger partial charge in [-0.1, -0.05) is 32.1 Å². The second kappa shape index (κ2) is 12.1. The molecular formula is C26H35FN8O2. The number of amides is 1. The lowest BCUT2D eigenvalue weighted by atomic mass is 10.1. The largest absolute Gasteiger partial charge is 0.381 e. The van der Waals surface area contributed by atoms with E-state index in [2.05, 4.69) is 39.9 Å². The summed E-state index contributed by atoms with van der Waals surface area (Å²) in [6.45, 7) is 6.33. The highest BCUT2D eigenvalue weighted by molar-refractivity contribution is 5.99. The lowest BCUT2D eigenvalue weighted by Crippen LogP contribution is -2.29. The topological polar surface area (TPSA) is 109 Å². The van der Waals surface area contributed by atoms with E-state index in [9.17, 15) is 4.79 Å². The molecule has 10 nitrogen and oxygen atoms in total. The fourth-order valence-electron chi connectivity index (χ4n) is 4.04. The van der Waals surface area contributed by atoms with Crippen molar-refractivity contribution in [3.05, 3.63) is 53.5 Å². The maximum Gasteiger partial charge on any atom is 0.248 e. The first-order valence-corrected chi connectivity index (χ1v) is 12.5. The van der Waals surface area contributed by atoms with Crippen molar-refractivity contribution in [2.75, 3.05) is 49.8 Å². The van der Waals surface area contributed by atoms with Crippen LogP contribution >= 0.6 is 0 Å². The van der Waals surface area contributed by atoms with Crippen molar-refractivity contribution in [1.82, 2.24) is 24.5 Å². The highest BCUT2D eigenvalue weighted by Crippen LogP contribution is 2.24. The molecular weight excluding hydrogens is 475 g/mol. The summed E-state index contributed by atoms with van der Waals surface area (Å²) < 4.78 is 22.3. The Morgan fingerprint density at radius 2 is 2.05 bits per heavy atom. The zero-order chi connectivity index (χ0) is 26.4. The number of carbonyl (C=O) groups is 1. The van der Waals surface area contributed by atoms with Crippen molar-refractivity contribution in [3.8, 4) is 0 Å². The van der Waals surface area contributed by atoms with E-state index in [0.717, 1.165) is 18.4 Å². The van der Waals surface area contributed by atoms with Gasteiger partial charge >= 0.3 is 0 Å². The molecule has 0 radical (unpaired) electrons. The summed E-state index contributed by atoms with van der Waals surface area (Å²) in [5.74, 6) is 0.284. The highest BCUT2D eigenvalue weighted by Gasteiger charge is 2.19. The van der Waals surface area contributed by atoms with Crippen LogP contribution < -0.4 is 16.0 Å². The molecule has 1 saturated heterocycles. The van der Waals surface area contributed by atoms with E-state index in [1.807, 2.05) is 19.0 Å². The predicted molar refractivity (Wildman–Crippen MR) is 142 cm³/mol. The summed E-state index contributed by atoms with van der Waals surface area (Å²) in [5.41, 5.74) is 2.21. The molecule has 1 fully saturated rings. The van der Waals surface area contributed by atoms with E-state index in [4.69, 9.17) is 9.72 Å². The molecule has 0 spiro atoms. The van der Waals surface area contributed by atoms with Crippen LogP contribution in [-0.2, 0) is 16.1 Å². The minimum Gasteiger partial charge on any atom is -0.381 e. The van der Waals surface area contributed by atoms with E-state index in [1.54, 1.807) is 28.9 Å². The van der Waals surface area contributed by atoms with E-state index < -0.39 is 5.82 Å². The minimum absolute atomic E-state index is 0.120. The quantitative estimate of drug-likeness (QED) is 0.355. The number of aromatic nitrogens is 4. The second-order valence-electron chi connectivity index (χ2n) is 9.68. The molecule has 0 saturated carbocycles. The molecule has 3 N–H and O–H groups in total. The van der Waals surface area contributed by atoms with Crippen molar-refractivity contribution < 1.29 is 13.9 Å².